The van der Waals surface area contributed by atoms with E-state index in [4.69, 9.17) is 11.6 Å². The lowest BCUT2D eigenvalue weighted by molar-refractivity contribution is -0.156. The Balaban J connectivity index is 1.43. The first kappa shape index (κ1) is 80.3. The molecular formula is C68H94ClF8N11O11. The van der Waals surface area contributed by atoms with E-state index in [-0.39, 0.29) is 49.1 Å². The maximum Gasteiger partial charge on any atom is 0.417 e. The Hall–Kier alpha value is -7.66. The predicted octanol–water partition coefficient (Wildman–Crippen LogP) is 6.58. The number of hydrogen-bond donors (Lipinski definition) is 3. The van der Waals surface area contributed by atoms with Crippen LogP contribution in [-0.2, 0) is 77.9 Å². The van der Waals surface area contributed by atoms with Crippen molar-refractivity contribution in [2.75, 3.05) is 75.5 Å². The summed E-state index contributed by atoms with van der Waals surface area (Å²) in [5.74, 6) is -14.5. The molecule has 2 aromatic carbocycles. The molecule has 0 radical (unpaired) electrons. The molecule has 0 unspecified atom stereocenters. The molecule has 4 aliphatic rings. The second-order valence-electron chi connectivity index (χ2n) is 27.8. The fourth-order valence-electron chi connectivity index (χ4n) is 13.2. The molecule has 31 heteroatoms. The van der Waals surface area contributed by atoms with Crippen LogP contribution in [0.3, 0.4) is 0 Å². The van der Waals surface area contributed by atoms with E-state index in [1.54, 1.807) is 20.8 Å². The Kier molecular flexibility index (Phi) is 26.9. The number of nitrogens with one attached hydrogen (secondary N) is 3. The molecule has 550 valence electrons. The number of nitrogens with zero attached hydrogens (tertiary/aromatic N) is 8. The number of aryl methyl sites for hydroxylation is 1. The van der Waals surface area contributed by atoms with Gasteiger partial charge in [0.25, 0.3) is 5.92 Å². The van der Waals surface area contributed by atoms with Gasteiger partial charge in [-0.05, 0) is 111 Å². The molecule has 2 saturated carbocycles. The van der Waals surface area contributed by atoms with Crippen molar-refractivity contribution < 1.29 is 87.9 Å². The highest BCUT2D eigenvalue weighted by Crippen LogP contribution is 2.40. The molecule has 3 N–H and O–H groups in total. The van der Waals surface area contributed by atoms with Gasteiger partial charge in [-0.2, -0.15) is 26.3 Å². The molecule has 99 heavy (non-hydrogen) atoms. The van der Waals surface area contributed by atoms with E-state index in [9.17, 15) is 64.7 Å². The van der Waals surface area contributed by atoms with Crippen LogP contribution >= 0.6 is 11.6 Å². The van der Waals surface area contributed by atoms with Crippen molar-refractivity contribution in [1.29, 1.82) is 0 Å². The first-order valence-corrected chi connectivity index (χ1v) is 33.8. The van der Waals surface area contributed by atoms with Crippen molar-refractivity contribution in [3.8, 4) is 0 Å². The summed E-state index contributed by atoms with van der Waals surface area (Å²) in [5, 5.41) is 7.20. The summed E-state index contributed by atoms with van der Waals surface area (Å²) >= 11 is 6.05. The Labute approximate surface area is 577 Å². The lowest BCUT2D eigenvalue weighted by atomic mass is 9.74. The van der Waals surface area contributed by atoms with Crippen LogP contribution in [0, 0.1) is 17.8 Å². The molecule has 2 aliphatic heterocycles. The van der Waals surface area contributed by atoms with Gasteiger partial charge in [-0.3, -0.25) is 52.7 Å². The average molecular weight is 1430 g/mol. The zero-order chi connectivity index (χ0) is 74.1. The maximum atomic E-state index is 16.0. The number of benzene rings is 2. The Morgan fingerprint density at radius 3 is 1.77 bits per heavy atom. The number of halogens is 9. The number of carbonyl (C=O) groups is 11. The number of amides is 11. The van der Waals surface area contributed by atoms with Crippen LogP contribution in [0.5, 0.6) is 0 Å². The van der Waals surface area contributed by atoms with Gasteiger partial charge in [-0.15, -0.1) is 0 Å². The van der Waals surface area contributed by atoms with Crippen LogP contribution in [0.2, 0.25) is 5.02 Å². The zero-order valence-electron chi connectivity index (χ0n) is 58.2. The van der Waals surface area contributed by atoms with Crippen LogP contribution < -0.4 is 16.0 Å². The van der Waals surface area contributed by atoms with Gasteiger partial charge in [0.2, 0.25) is 65.0 Å². The van der Waals surface area contributed by atoms with Crippen LogP contribution in [-0.4, -0.2) is 233 Å². The van der Waals surface area contributed by atoms with Crippen LogP contribution in [0.4, 0.5) is 35.1 Å². The molecule has 11 amide bonds. The third kappa shape index (κ3) is 20.1. The van der Waals surface area contributed by atoms with Gasteiger partial charge in [0.05, 0.1) is 42.3 Å². The second kappa shape index (κ2) is 33.2. The summed E-state index contributed by atoms with van der Waals surface area (Å²) in [6.45, 7) is 4.98. The highest BCUT2D eigenvalue weighted by molar-refractivity contribution is 6.31. The Bertz CT molecular complexity index is 3300. The number of alkyl halides is 8. The van der Waals surface area contributed by atoms with Gasteiger partial charge in [-0.1, -0.05) is 83.2 Å². The third-order valence-electron chi connectivity index (χ3n) is 19.9. The molecule has 0 bridgehead atoms. The first-order valence-electron chi connectivity index (χ1n) is 33.4. The van der Waals surface area contributed by atoms with E-state index >= 15 is 23.2 Å². The summed E-state index contributed by atoms with van der Waals surface area (Å²) in [6.07, 6.45) is -8.52. The van der Waals surface area contributed by atoms with E-state index in [0.717, 1.165) is 76.5 Å². The highest BCUT2D eigenvalue weighted by atomic mass is 35.5. The van der Waals surface area contributed by atoms with Crippen molar-refractivity contribution in [2.24, 2.45) is 17.8 Å². The first-order chi connectivity index (χ1) is 46.0. The van der Waals surface area contributed by atoms with Crippen LogP contribution in [0.15, 0.2) is 42.5 Å². The Morgan fingerprint density at radius 1 is 0.626 bits per heavy atom. The third-order valence-corrected chi connectivity index (χ3v) is 20.2. The summed E-state index contributed by atoms with van der Waals surface area (Å²) in [6, 6.07) is -3.72. The molecule has 2 aromatic rings. The van der Waals surface area contributed by atoms with E-state index < -0.39 is 205 Å². The largest absolute Gasteiger partial charge is 0.417 e. The topological polar surface area (TPSA) is 250 Å². The lowest BCUT2D eigenvalue weighted by Crippen LogP contribution is -2.68. The van der Waals surface area contributed by atoms with Crippen molar-refractivity contribution >= 4 is 76.6 Å². The summed E-state index contributed by atoms with van der Waals surface area (Å²) in [4.78, 5) is 169. The zero-order valence-corrected chi connectivity index (χ0v) is 59.0. The molecular weight excluding hydrogens is 1330 g/mol. The highest BCUT2D eigenvalue weighted by Gasteiger charge is 2.56. The van der Waals surface area contributed by atoms with Crippen LogP contribution in [0.25, 0.3) is 0 Å². The molecule has 22 nitrogen and oxygen atoms in total. The minimum Gasteiger partial charge on any atom is -0.343 e. The van der Waals surface area contributed by atoms with E-state index in [1.165, 1.54) is 49.9 Å². The molecule has 6 rings (SSSR count). The van der Waals surface area contributed by atoms with Gasteiger partial charge in [0.15, 0.2) is 0 Å². The van der Waals surface area contributed by atoms with Gasteiger partial charge in [0, 0.05) is 74.6 Å². The number of carbonyl (C=O) groups excluding carboxylic acids is 11. The van der Waals surface area contributed by atoms with Gasteiger partial charge in [0.1, 0.15) is 41.8 Å². The Morgan fingerprint density at radius 2 is 1.21 bits per heavy atom. The smallest absolute Gasteiger partial charge is 0.343 e. The van der Waals surface area contributed by atoms with E-state index in [2.05, 4.69) is 16.0 Å². The summed E-state index contributed by atoms with van der Waals surface area (Å²) in [7, 11) is 9.07. The van der Waals surface area contributed by atoms with Crippen molar-refractivity contribution in [2.45, 2.75) is 197 Å². The van der Waals surface area contributed by atoms with E-state index in [0.29, 0.717) is 49.5 Å². The lowest BCUT2D eigenvalue weighted by Gasteiger charge is -2.47. The molecule has 8 atom stereocenters. The number of fused-ring (bicyclic) bond motifs is 1. The van der Waals surface area contributed by atoms with Crippen molar-refractivity contribution in [1.82, 2.24) is 55.1 Å². The van der Waals surface area contributed by atoms with Gasteiger partial charge < -0.3 is 55.1 Å². The van der Waals surface area contributed by atoms with Gasteiger partial charge >= 0.3 is 12.4 Å². The maximum absolute atomic E-state index is 16.0. The number of hydrogen-bond acceptors (Lipinski definition) is 11. The van der Waals surface area contributed by atoms with Gasteiger partial charge in [-0.25, -0.2) is 8.78 Å². The molecule has 2 heterocycles. The minimum atomic E-state index is -4.87. The monoisotopic (exact) mass is 1430 g/mol. The normalized spacial score (nSPS) is 25.6. The summed E-state index contributed by atoms with van der Waals surface area (Å²) < 4.78 is 115. The second-order valence-corrected chi connectivity index (χ2v) is 28.2. The molecule has 1 spiro atoms. The quantitative estimate of drug-likeness (QED) is 0.215. The fourth-order valence-corrected chi connectivity index (χ4v) is 13.5. The molecule has 0 aromatic heterocycles. The van der Waals surface area contributed by atoms with Crippen molar-refractivity contribution in [3.05, 3.63) is 69.7 Å². The number of rotatable bonds is 10. The predicted molar refractivity (Wildman–Crippen MR) is 348 cm³/mol. The van der Waals surface area contributed by atoms with Crippen LogP contribution in [0.1, 0.15) is 140 Å². The molecule has 4 fully saturated rings. The van der Waals surface area contributed by atoms with Crippen molar-refractivity contribution in [3.63, 3.8) is 0 Å². The number of likely N-dealkylation sites (N-methyl/N-ethyl adjacent to an activating group) is 7. The minimum absolute atomic E-state index is 0.0157. The standard InChI is InChI=1S/C68H94ClF8N11O11/c1-13-40(4)56-62(97)83(8)36-54(91)81(6)37-55(92)86(11)50(33-43-20-24-45(25-21-43)67(72,73)74)61(96)82(7)35-52(89)78-48(27-23-42-22-26-46(47(69)32-42)68(75,76)77)60(95)88-38-66(70,71)34-51(88)59(94)80-65(28-17-29-65)64(99)87(12)57(44-18-15-14-16-19-44)63(98)84(9)41(5)31-53(90)85(10)49(30-39(2)3)58(93)79-56/h20-22,24-26,32,39-41,44,48-51,56-57H,13-19,23,27-31,33-38H2,1-12H3,(H,78,89)(H,79,93)(H,80,94)/t40-,41+,48-,49-,50-,51-,56-,57-/m0/s1. The van der Waals surface area contributed by atoms with E-state index in [1.807, 2.05) is 13.8 Å². The average Bonchev–Trinajstić information content (AvgIpc) is 1.51. The molecule has 2 saturated heterocycles. The molecule has 2 aliphatic carbocycles. The SMILES string of the molecule is CC[C@H](C)[C@@H]1NC(=O)[C@H](CC(C)C)N(C)C(=O)C[C@@H](C)N(C)C(=O)[C@H](C2CCCCC2)N(C)C(=O)C2(CCC2)NC(=O)[C@@H]2CC(F)(F)CN2C(=O)[C@H](CCc2ccc(C(F)(F)F)c(Cl)c2)NC(=O)CN(C)C(=O)[C@H](Cc2ccc(C(F)(F)F)cc2)N(C)C(=O)CN(C)C(=O)CN(C)C1=O. The fraction of sp³-hybridized carbons (Fsp3) is 0.662. The summed E-state index contributed by atoms with van der Waals surface area (Å²) in [5.41, 5.74) is -3.86.